The summed E-state index contributed by atoms with van der Waals surface area (Å²) in [7, 11) is 0. The van der Waals surface area contributed by atoms with Crippen molar-refractivity contribution in [3.05, 3.63) is 65.0 Å². The van der Waals surface area contributed by atoms with Gasteiger partial charge in [0, 0.05) is 25.2 Å². The lowest BCUT2D eigenvalue weighted by Crippen LogP contribution is -2.45. The number of nitrogens with one attached hydrogen (secondary N) is 1. The minimum atomic E-state index is -0.624. The van der Waals surface area contributed by atoms with E-state index in [2.05, 4.69) is 22.4 Å². The van der Waals surface area contributed by atoms with Gasteiger partial charge < -0.3 is 16.2 Å². The van der Waals surface area contributed by atoms with Gasteiger partial charge in [-0.15, -0.1) is 12.4 Å². The Kier molecular flexibility index (Phi) is 5.71. The molecule has 0 aliphatic carbocycles. The molecular formula is C17H20ClN3O2. The summed E-state index contributed by atoms with van der Waals surface area (Å²) in [5.74, 6) is -0.516. The highest BCUT2D eigenvalue weighted by molar-refractivity contribution is 5.93. The number of aromatic nitrogens is 1. The van der Waals surface area contributed by atoms with E-state index < -0.39 is 12.0 Å². The molecule has 0 spiro atoms. The maximum absolute atomic E-state index is 11.4. The number of hydrogen-bond acceptors (Lipinski definition) is 4. The molecule has 2 atom stereocenters. The summed E-state index contributed by atoms with van der Waals surface area (Å²) in [6.07, 6.45) is 2.05. The Bertz CT molecular complexity index is 693. The second-order valence-corrected chi connectivity index (χ2v) is 5.59. The fourth-order valence-corrected chi connectivity index (χ4v) is 2.92. The van der Waals surface area contributed by atoms with Crippen LogP contribution in [-0.2, 0) is 19.4 Å². The Morgan fingerprint density at radius 1 is 1.30 bits per heavy atom. The summed E-state index contributed by atoms with van der Waals surface area (Å²) in [5, 5.41) is 13.9. The smallest absolute Gasteiger partial charge is 0.250 e. The largest absolute Gasteiger partial charge is 0.391 e. The third-order valence-electron chi connectivity index (χ3n) is 4.14. The minimum absolute atomic E-state index is 0. The van der Waals surface area contributed by atoms with Gasteiger partial charge in [-0.2, -0.15) is 0 Å². The van der Waals surface area contributed by atoms with Gasteiger partial charge in [-0.3, -0.25) is 9.78 Å². The molecule has 5 nitrogen and oxygen atoms in total. The zero-order chi connectivity index (χ0) is 15.5. The monoisotopic (exact) mass is 333 g/mol. The van der Waals surface area contributed by atoms with Crippen molar-refractivity contribution in [1.82, 2.24) is 10.3 Å². The van der Waals surface area contributed by atoms with Crippen LogP contribution in [0.2, 0.25) is 0 Å². The number of carbonyl (C=O) groups is 1. The summed E-state index contributed by atoms with van der Waals surface area (Å²) in [6.45, 7) is 0.739. The standard InChI is InChI=1S/C17H19N3O2.ClH/c18-17(22)13-6-3-7-19-14(13)9-16(21)15-8-11-4-1-2-5-12(11)10-20-15;/h1-7,15-16,20-21H,8-10H2,(H2,18,22);1H/t15-,16+;/m0./s1. The molecule has 1 aliphatic rings. The van der Waals surface area contributed by atoms with Crippen LogP contribution < -0.4 is 11.1 Å². The van der Waals surface area contributed by atoms with Gasteiger partial charge in [0.15, 0.2) is 0 Å². The van der Waals surface area contributed by atoms with E-state index in [-0.39, 0.29) is 18.4 Å². The molecule has 0 saturated heterocycles. The number of nitrogens with zero attached hydrogens (tertiary/aromatic N) is 1. The van der Waals surface area contributed by atoms with Crippen LogP contribution in [0.25, 0.3) is 0 Å². The number of carbonyl (C=O) groups excluding carboxylic acids is 1. The molecule has 0 bridgehead atoms. The minimum Gasteiger partial charge on any atom is -0.391 e. The number of halogens is 1. The molecule has 4 N–H and O–H groups in total. The SMILES string of the molecule is Cl.NC(=O)c1cccnc1C[C@@H](O)[C@@H]1Cc2ccccc2CN1. The number of aliphatic hydroxyl groups excluding tert-OH is 1. The van der Waals surface area contributed by atoms with Crippen molar-refractivity contribution < 1.29 is 9.90 Å². The molecule has 1 aromatic carbocycles. The lowest BCUT2D eigenvalue weighted by atomic mass is 9.91. The number of primary amides is 1. The van der Waals surface area contributed by atoms with E-state index in [0.29, 0.717) is 17.7 Å². The van der Waals surface area contributed by atoms with Crippen LogP contribution in [0.5, 0.6) is 0 Å². The Balaban J connectivity index is 0.00000192. The molecule has 2 aromatic rings. The first kappa shape index (κ1) is 17.4. The Labute approximate surface area is 141 Å². The van der Waals surface area contributed by atoms with E-state index >= 15 is 0 Å². The van der Waals surface area contributed by atoms with E-state index in [1.165, 1.54) is 11.1 Å². The Morgan fingerprint density at radius 2 is 2.04 bits per heavy atom. The van der Waals surface area contributed by atoms with Crippen LogP contribution in [0.15, 0.2) is 42.6 Å². The molecule has 122 valence electrons. The summed E-state index contributed by atoms with van der Waals surface area (Å²) >= 11 is 0. The van der Waals surface area contributed by atoms with Gasteiger partial charge in [0.05, 0.1) is 17.4 Å². The van der Waals surface area contributed by atoms with Crippen LogP contribution in [0.3, 0.4) is 0 Å². The van der Waals surface area contributed by atoms with Crippen molar-refractivity contribution in [2.24, 2.45) is 5.73 Å². The predicted octanol–water partition coefficient (Wildman–Crippen LogP) is 1.22. The van der Waals surface area contributed by atoms with Gasteiger partial charge in [-0.05, 0) is 29.7 Å². The van der Waals surface area contributed by atoms with Crippen molar-refractivity contribution in [3.63, 3.8) is 0 Å². The number of rotatable bonds is 4. The van der Waals surface area contributed by atoms with Crippen molar-refractivity contribution in [2.45, 2.75) is 31.5 Å². The molecule has 0 saturated carbocycles. The van der Waals surface area contributed by atoms with E-state index in [9.17, 15) is 9.90 Å². The number of benzene rings is 1. The quantitative estimate of drug-likeness (QED) is 0.785. The molecule has 1 aromatic heterocycles. The average Bonchev–Trinajstić information content (AvgIpc) is 2.54. The Morgan fingerprint density at radius 3 is 2.78 bits per heavy atom. The molecule has 1 amide bonds. The molecule has 23 heavy (non-hydrogen) atoms. The van der Waals surface area contributed by atoms with Gasteiger partial charge in [0.1, 0.15) is 0 Å². The molecule has 3 rings (SSSR count). The third-order valence-corrected chi connectivity index (χ3v) is 4.14. The van der Waals surface area contributed by atoms with E-state index in [0.717, 1.165) is 13.0 Å². The first-order chi connectivity index (χ1) is 10.6. The summed E-state index contributed by atoms with van der Waals surface area (Å²) in [5.41, 5.74) is 8.79. The van der Waals surface area contributed by atoms with Gasteiger partial charge >= 0.3 is 0 Å². The lowest BCUT2D eigenvalue weighted by molar-refractivity contribution is 0.0994. The third kappa shape index (κ3) is 3.88. The Hall–Kier alpha value is -1.95. The van der Waals surface area contributed by atoms with Crippen LogP contribution in [0.4, 0.5) is 0 Å². The molecule has 0 unspecified atom stereocenters. The lowest BCUT2D eigenvalue weighted by Gasteiger charge is -2.30. The normalized spacial score (nSPS) is 17.7. The highest BCUT2D eigenvalue weighted by Gasteiger charge is 2.25. The van der Waals surface area contributed by atoms with Crippen LogP contribution in [0.1, 0.15) is 27.2 Å². The van der Waals surface area contributed by atoms with Gasteiger partial charge in [-0.25, -0.2) is 0 Å². The van der Waals surface area contributed by atoms with E-state index in [1.807, 2.05) is 12.1 Å². The first-order valence-corrected chi connectivity index (χ1v) is 7.37. The number of hydrogen-bond donors (Lipinski definition) is 3. The fourth-order valence-electron chi connectivity index (χ4n) is 2.92. The highest BCUT2D eigenvalue weighted by atomic mass is 35.5. The second kappa shape index (κ2) is 7.55. The molecular weight excluding hydrogens is 314 g/mol. The molecule has 2 heterocycles. The van der Waals surface area contributed by atoms with Crippen molar-refractivity contribution in [1.29, 1.82) is 0 Å². The number of pyridine rings is 1. The first-order valence-electron chi connectivity index (χ1n) is 7.37. The zero-order valence-electron chi connectivity index (χ0n) is 12.6. The number of aliphatic hydroxyl groups is 1. The predicted molar refractivity (Wildman–Crippen MR) is 90.5 cm³/mol. The molecule has 6 heteroatoms. The maximum atomic E-state index is 11.4. The summed E-state index contributed by atoms with van der Waals surface area (Å²) in [6, 6.07) is 11.5. The van der Waals surface area contributed by atoms with Crippen LogP contribution in [-0.4, -0.2) is 28.1 Å². The van der Waals surface area contributed by atoms with Gasteiger partial charge in [0.25, 0.3) is 5.91 Å². The number of fused-ring (bicyclic) bond motifs is 1. The fraction of sp³-hybridized carbons (Fsp3) is 0.294. The topological polar surface area (TPSA) is 88.2 Å². The van der Waals surface area contributed by atoms with E-state index in [1.54, 1.807) is 18.3 Å². The maximum Gasteiger partial charge on any atom is 0.250 e. The number of nitrogens with two attached hydrogens (primary N) is 1. The summed E-state index contributed by atoms with van der Waals surface area (Å²) < 4.78 is 0. The highest BCUT2D eigenvalue weighted by Crippen LogP contribution is 2.19. The second-order valence-electron chi connectivity index (χ2n) is 5.59. The molecule has 0 radical (unpaired) electrons. The average molecular weight is 334 g/mol. The summed E-state index contributed by atoms with van der Waals surface area (Å²) in [4.78, 5) is 15.6. The van der Waals surface area contributed by atoms with Gasteiger partial charge in [-0.1, -0.05) is 24.3 Å². The van der Waals surface area contributed by atoms with Crippen molar-refractivity contribution in [3.8, 4) is 0 Å². The molecule has 0 fully saturated rings. The molecule has 1 aliphatic heterocycles. The van der Waals surface area contributed by atoms with Crippen LogP contribution >= 0.6 is 12.4 Å². The zero-order valence-corrected chi connectivity index (χ0v) is 13.4. The van der Waals surface area contributed by atoms with Crippen molar-refractivity contribution >= 4 is 18.3 Å². The number of amides is 1. The van der Waals surface area contributed by atoms with Crippen molar-refractivity contribution in [2.75, 3.05) is 0 Å². The van der Waals surface area contributed by atoms with Gasteiger partial charge in [0.2, 0.25) is 0 Å². The van der Waals surface area contributed by atoms with Crippen LogP contribution in [0, 0.1) is 0 Å². The van der Waals surface area contributed by atoms with E-state index in [4.69, 9.17) is 5.73 Å².